The maximum atomic E-state index is 13.9. The van der Waals surface area contributed by atoms with Crippen LogP contribution in [0.15, 0.2) is 121 Å². The Bertz CT molecular complexity index is 1760. The Balaban J connectivity index is 1.24. The third-order valence-corrected chi connectivity index (χ3v) is 8.63. The van der Waals surface area contributed by atoms with Gasteiger partial charge in [-0.25, -0.2) is 4.98 Å². The average molecular weight is 600 g/mol. The number of fused-ring (bicyclic) bond motifs is 2. The van der Waals surface area contributed by atoms with E-state index in [9.17, 15) is 19.8 Å². The predicted octanol–water partition coefficient (Wildman–Crippen LogP) is 4.96. The minimum atomic E-state index is -1.05. The van der Waals surface area contributed by atoms with Crippen LogP contribution in [0.25, 0.3) is 10.9 Å². The van der Waals surface area contributed by atoms with Crippen molar-refractivity contribution in [2.75, 3.05) is 0 Å². The summed E-state index contributed by atoms with van der Waals surface area (Å²) in [6.07, 6.45) is -0.430. The highest BCUT2D eigenvalue weighted by Crippen LogP contribution is 2.32. The van der Waals surface area contributed by atoms with Gasteiger partial charge in [0.2, 0.25) is 5.91 Å². The number of aliphatic hydroxyl groups is 2. The minimum Gasteiger partial charge on any atom is -0.391 e. The average Bonchev–Trinajstić information content (AvgIpc) is 3.39. The smallest absolute Gasteiger partial charge is 0.270 e. The molecule has 1 aliphatic carbocycles. The second-order valence-corrected chi connectivity index (χ2v) is 11.8. The Morgan fingerprint density at radius 3 is 2.18 bits per heavy atom. The zero-order valence-electron chi connectivity index (χ0n) is 24.9. The lowest BCUT2D eigenvalue weighted by Gasteiger charge is -2.29. The van der Waals surface area contributed by atoms with Crippen LogP contribution in [-0.4, -0.2) is 45.3 Å². The summed E-state index contributed by atoms with van der Waals surface area (Å²) in [7, 11) is 0. The number of rotatable bonds is 11. The number of benzene rings is 4. The Morgan fingerprint density at radius 2 is 1.42 bits per heavy atom. The molecular formula is C38H37N3O4. The van der Waals surface area contributed by atoms with Gasteiger partial charge in [0, 0.05) is 17.7 Å². The van der Waals surface area contributed by atoms with Crippen LogP contribution in [0.5, 0.6) is 0 Å². The lowest BCUT2D eigenvalue weighted by atomic mass is 9.88. The van der Waals surface area contributed by atoms with E-state index in [0.717, 1.165) is 27.6 Å². The monoisotopic (exact) mass is 599 g/mol. The molecule has 6 rings (SSSR count). The van der Waals surface area contributed by atoms with E-state index < -0.39 is 36.1 Å². The first-order chi connectivity index (χ1) is 21.9. The molecule has 0 bridgehead atoms. The van der Waals surface area contributed by atoms with Gasteiger partial charge in [-0.05, 0) is 53.6 Å². The second-order valence-electron chi connectivity index (χ2n) is 11.8. The number of carbonyl (C=O) groups excluding carboxylic acids is 2. The Hall–Kier alpha value is -4.85. The van der Waals surface area contributed by atoms with Crippen molar-refractivity contribution in [1.82, 2.24) is 15.6 Å². The van der Waals surface area contributed by atoms with Crippen molar-refractivity contribution in [2.45, 2.75) is 50.0 Å². The summed E-state index contributed by atoms with van der Waals surface area (Å²) in [5.74, 6) is -1.26. The predicted molar refractivity (Wildman–Crippen MR) is 174 cm³/mol. The summed E-state index contributed by atoms with van der Waals surface area (Å²) in [4.78, 5) is 31.9. The topological polar surface area (TPSA) is 112 Å². The molecule has 4 N–H and O–H groups in total. The maximum absolute atomic E-state index is 13.9. The third kappa shape index (κ3) is 7.28. The van der Waals surface area contributed by atoms with Crippen LogP contribution in [0.3, 0.4) is 0 Å². The number of para-hydroxylation sites is 1. The number of amides is 2. The fraction of sp³-hybridized carbons (Fsp3) is 0.237. The zero-order valence-corrected chi connectivity index (χ0v) is 24.9. The summed E-state index contributed by atoms with van der Waals surface area (Å²) in [5, 5.41) is 29.6. The van der Waals surface area contributed by atoms with Crippen molar-refractivity contribution >= 4 is 22.7 Å². The molecule has 5 aromatic rings. The largest absolute Gasteiger partial charge is 0.391 e. The standard InChI is InChI=1S/C38H37N3O4/c42-34(33(22-26-13-5-2-6-14-26)40-38(45)32-20-19-27-15-8-10-18-31(27)39-32)24-29(21-25-11-3-1-4-12-25)37(44)41-36-30-17-9-7-16-28(30)23-35(36)43/h1-20,29,33-36,42-43H,21-24H2,(H,40,45)(H,41,44)/t29-,33-,34+,35+,36-/m0/s1. The molecule has 5 atom stereocenters. The normalized spacial score (nSPS) is 17.6. The van der Waals surface area contributed by atoms with E-state index in [-0.39, 0.29) is 18.0 Å². The molecule has 0 radical (unpaired) electrons. The molecule has 7 nitrogen and oxygen atoms in total. The van der Waals surface area contributed by atoms with E-state index in [1.54, 1.807) is 6.07 Å². The van der Waals surface area contributed by atoms with Crippen molar-refractivity contribution in [3.8, 4) is 0 Å². The molecule has 0 aliphatic heterocycles. The molecule has 4 aromatic carbocycles. The lowest BCUT2D eigenvalue weighted by Crippen LogP contribution is -2.47. The Labute approximate surface area is 263 Å². The first-order valence-electron chi connectivity index (χ1n) is 15.4. The summed E-state index contributed by atoms with van der Waals surface area (Å²) in [6.45, 7) is 0. The number of aliphatic hydroxyl groups excluding tert-OH is 2. The van der Waals surface area contributed by atoms with Crippen LogP contribution in [0.1, 0.15) is 45.2 Å². The van der Waals surface area contributed by atoms with E-state index >= 15 is 0 Å². The van der Waals surface area contributed by atoms with Gasteiger partial charge < -0.3 is 20.8 Å². The van der Waals surface area contributed by atoms with Gasteiger partial charge in [-0.15, -0.1) is 0 Å². The SMILES string of the molecule is O=C(N[C@@H](Cc1ccccc1)[C@H](O)C[C@H](Cc1ccccc1)C(=O)N[C@H]1c2ccccc2C[C@H]1O)c1ccc2ccccc2n1. The van der Waals surface area contributed by atoms with Crippen molar-refractivity contribution in [3.63, 3.8) is 0 Å². The molecule has 228 valence electrons. The van der Waals surface area contributed by atoms with Gasteiger partial charge >= 0.3 is 0 Å². The van der Waals surface area contributed by atoms with Gasteiger partial charge in [-0.3, -0.25) is 9.59 Å². The van der Waals surface area contributed by atoms with Crippen LogP contribution >= 0.6 is 0 Å². The first-order valence-corrected chi connectivity index (χ1v) is 15.4. The van der Waals surface area contributed by atoms with Gasteiger partial charge in [0.1, 0.15) is 5.69 Å². The van der Waals surface area contributed by atoms with Crippen LogP contribution in [0, 0.1) is 5.92 Å². The van der Waals surface area contributed by atoms with Crippen LogP contribution in [0.2, 0.25) is 0 Å². The van der Waals surface area contributed by atoms with Gasteiger partial charge in [-0.1, -0.05) is 109 Å². The van der Waals surface area contributed by atoms with E-state index in [2.05, 4.69) is 15.6 Å². The van der Waals surface area contributed by atoms with Crippen molar-refractivity contribution in [1.29, 1.82) is 0 Å². The van der Waals surface area contributed by atoms with Gasteiger partial charge in [0.15, 0.2) is 0 Å². The van der Waals surface area contributed by atoms with E-state index in [0.29, 0.717) is 24.8 Å². The molecule has 0 spiro atoms. The van der Waals surface area contributed by atoms with E-state index in [4.69, 9.17) is 0 Å². The highest BCUT2D eigenvalue weighted by molar-refractivity contribution is 5.95. The number of hydrogen-bond donors (Lipinski definition) is 4. The molecule has 1 aliphatic rings. The van der Waals surface area contributed by atoms with Crippen LogP contribution in [0.4, 0.5) is 0 Å². The van der Waals surface area contributed by atoms with Crippen molar-refractivity contribution in [2.24, 2.45) is 5.92 Å². The summed E-state index contributed by atoms with van der Waals surface area (Å²) in [6, 6.07) is 37.0. The molecule has 0 unspecified atom stereocenters. The Kier molecular flexibility index (Phi) is 9.29. The van der Waals surface area contributed by atoms with E-state index in [1.165, 1.54) is 0 Å². The quantitative estimate of drug-likeness (QED) is 0.172. The highest BCUT2D eigenvalue weighted by atomic mass is 16.3. The van der Waals surface area contributed by atoms with Crippen molar-refractivity contribution < 1.29 is 19.8 Å². The molecule has 1 heterocycles. The van der Waals surface area contributed by atoms with Crippen molar-refractivity contribution in [3.05, 3.63) is 149 Å². The molecule has 7 heteroatoms. The minimum absolute atomic E-state index is 0.105. The second kappa shape index (κ2) is 13.8. The maximum Gasteiger partial charge on any atom is 0.270 e. The Morgan fingerprint density at radius 1 is 0.778 bits per heavy atom. The summed E-state index contributed by atoms with van der Waals surface area (Å²) < 4.78 is 0. The van der Waals surface area contributed by atoms with E-state index in [1.807, 2.05) is 115 Å². The molecule has 45 heavy (non-hydrogen) atoms. The number of carbonyl (C=O) groups is 2. The lowest BCUT2D eigenvalue weighted by molar-refractivity contribution is -0.127. The molecule has 2 amide bonds. The zero-order chi connectivity index (χ0) is 31.2. The number of aromatic nitrogens is 1. The number of hydrogen-bond acceptors (Lipinski definition) is 5. The first kappa shape index (κ1) is 30.2. The molecule has 0 fully saturated rings. The molecule has 0 saturated carbocycles. The van der Waals surface area contributed by atoms with Gasteiger partial charge in [0.05, 0.1) is 29.8 Å². The fourth-order valence-electron chi connectivity index (χ4n) is 6.24. The number of nitrogens with zero attached hydrogens (tertiary/aromatic N) is 1. The van der Waals surface area contributed by atoms with Crippen LogP contribution < -0.4 is 10.6 Å². The molecular weight excluding hydrogens is 562 g/mol. The highest BCUT2D eigenvalue weighted by Gasteiger charge is 2.35. The van der Waals surface area contributed by atoms with Gasteiger partial charge in [0.25, 0.3) is 5.91 Å². The number of pyridine rings is 1. The summed E-state index contributed by atoms with van der Waals surface area (Å²) >= 11 is 0. The third-order valence-electron chi connectivity index (χ3n) is 8.63. The number of nitrogens with one attached hydrogen (secondary N) is 2. The molecule has 1 aromatic heterocycles. The van der Waals surface area contributed by atoms with Crippen LogP contribution in [-0.2, 0) is 24.1 Å². The fourth-order valence-corrected chi connectivity index (χ4v) is 6.24. The van der Waals surface area contributed by atoms with Gasteiger partial charge in [-0.2, -0.15) is 0 Å². The molecule has 0 saturated heterocycles. The summed E-state index contributed by atoms with van der Waals surface area (Å²) in [5.41, 5.74) is 4.80.